The summed E-state index contributed by atoms with van der Waals surface area (Å²) in [5, 5.41) is 18.2. The molecule has 9 heteroatoms. The molecule has 3 aromatic rings. The second-order valence-corrected chi connectivity index (χ2v) is 9.88. The number of hydrogen-bond donors (Lipinski definition) is 4. The summed E-state index contributed by atoms with van der Waals surface area (Å²) in [5.74, 6) is -0.838. The van der Waals surface area contributed by atoms with Gasteiger partial charge >= 0.3 is 12.0 Å². The highest BCUT2D eigenvalue weighted by Gasteiger charge is 2.19. The number of carbonyl (C=O) groups is 3. The Hall–Kier alpha value is -3.98. The normalized spacial score (nSPS) is 11.9. The summed E-state index contributed by atoms with van der Waals surface area (Å²) >= 11 is 1.36. The second kappa shape index (κ2) is 12.6. The lowest BCUT2D eigenvalue weighted by Gasteiger charge is -2.18. The van der Waals surface area contributed by atoms with Crippen LogP contribution in [0.4, 0.5) is 16.2 Å². The van der Waals surface area contributed by atoms with E-state index in [0.717, 1.165) is 27.9 Å². The largest absolute Gasteiger partial charge is 0.478 e. The fraction of sp³-hybridized carbons (Fsp3) is 0.259. The van der Waals surface area contributed by atoms with Crippen molar-refractivity contribution in [2.24, 2.45) is 5.92 Å². The van der Waals surface area contributed by atoms with Gasteiger partial charge in [0.1, 0.15) is 5.01 Å². The molecular formula is C27H30N4O4S. The van der Waals surface area contributed by atoms with Crippen LogP contribution in [0.5, 0.6) is 0 Å². The van der Waals surface area contributed by atoms with Gasteiger partial charge in [-0.1, -0.05) is 44.2 Å². The van der Waals surface area contributed by atoms with Gasteiger partial charge in [0.15, 0.2) is 0 Å². The number of anilines is 2. The molecule has 0 spiro atoms. The Morgan fingerprint density at radius 2 is 1.78 bits per heavy atom. The summed E-state index contributed by atoms with van der Waals surface area (Å²) in [6, 6.07) is 14.0. The van der Waals surface area contributed by atoms with Crippen molar-refractivity contribution >= 4 is 46.7 Å². The van der Waals surface area contributed by atoms with Crippen LogP contribution >= 0.6 is 11.3 Å². The summed E-state index contributed by atoms with van der Waals surface area (Å²) < 4.78 is 0. The number of hydrogen-bond acceptors (Lipinski definition) is 5. The third-order valence-corrected chi connectivity index (χ3v) is 6.32. The van der Waals surface area contributed by atoms with Crippen molar-refractivity contribution in [2.75, 3.05) is 10.6 Å². The minimum Gasteiger partial charge on any atom is -0.478 e. The first-order valence-electron chi connectivity index (χ1n) is 11.6. The van der Waals surface area contributed by atoms with Gasteiger partial charge in [0.05, 0.1) is 12.5 Å². The maximum Gasteiger partial charge on any atom is 0.328 e. The Balaban J connectivity index is 1.58. The molecule has 4 N–H and O–H groups in total. The number of amides is 3. The fourth-order valence-corrected chi connectivity index (χ4v) is 4.41. The minimum absolute atomic E-state index is 0.142. The van der Waals surface area contributed by atoms with E-state index in [-0.39, 0.29) is 24.4 Å². The molecule has 3 amide bonds. The lowest BCUT2D eigenvalue weighted by atomic mass is 10.0. The van der Waals surface area contributed by atoms with E-state index in [0.29, 0.717) is 22.9 Å². The number of urea groups is 1. The van der Waals surface area contributed by atoms with Crippen LogP contribution in [0, 0.1) is 12.8 Å². The number of rotatable bonds is 10. The topological polar surface area (TPSA) is 120 Å². The number of aromatic nitrogens is 1. The zero-order chi connectivity index (χ0) is 26.1. The van der Waals surface area contributed by atoms with E-state index >= 15 is 0 Å². The number of thiazole rings is 1. The van der Waals surface area contributed by atoms with Crippen LogP contribution in [0.2, 0.25) is 0 Å². The van der Waals surface area contributed by atoms with Gasteiger partial charge in [0.25, 0.3) is 0 Å². The molecule has 0 aliphatic heterocycles. The Morgan fingerprint density at radius 3 is 2.44 bits per heavy atom. The summed E-state index contributed by atoms with van der Waals surface area (Å²) in [5.41, 5.74) is 3.14. The van der Waals surface area contributed by atoms with Crippen LogP contribution in [0.3, 0.4) is 0 Å². The van der Waals surface area contributed by atoms with Crippen molar-refractivity contribution in [1.82, 2.24) is 10.3 Å². The predicted octanol–water partition coefficient (Wildman–Crippen LogP) is 5.64. The van der Waals surface area contributed by atoms with Crippen LogP contribution in [0.15, 0.2) is 60.8 Å². The average molecular weight is 507 g/mol. The molecule has 3 rings (SSSR count). The van der Waals surface area contributed by atoms with E-state index < -0.39 is 5.97 Å². The van der Waals surface area contributed by atoms with E-state index in [1.165, 1.54) is 17.4 Å². The van der Waals surface area contributed by atoms with Crippen molar-refractivity contribution in [3.8, 4) is 0 Å². The number of carboxylic acid groups (broad SMARTS) is 1. The molecule has 0 fully saturated rings. The lowest BCUT2D eigenvalue weighted by Crippen LogP contribution is -2.30. The van der Waals surface area contributed by atoms with E-state index in [1.54, 1.807) is 30.5 Å². The summed E-state index contributed by atoms with van der Waals surface area (Å²) in [7, 11) is 0. The number of aliphatic carboxylic acids is 1. The first-order valence-corrected chi connectivity index (χ1v) is 12.4. The molecule has 1 aromatic heterocycles. The summed E-state index contributed by atoms with van der Waals surface area (Å²) in [6.45, 7) is 6.06. The summed E-state index contributed by atoms with van der Waals surface area (Å²) in [6.07, 6.45) is 5.06. The number of nitrogens with one attached hydrogen (secondary N) is 3. The third-order valence-electron chi connectivity index (χ3n) is 5.24. The molecule has 1 atom stereocenters. The molecule has 188 valence electrons. The second-order valence-electron chi connectivity index (χ2n) is 8.79. The standard InChI is InChI=1S/C27H30N4O4S/c1-17(2)14-23(26-28-16-21(36-26)12-13-25(33)34)30-24(32)15-19-8-10-20(11-9-19)29-27(35)31-22-7-5-4-6-18(22)3/h4-13,16-17,23H,14-15H2,1-3H3,(H,30,32)(H,33,34)(H2,29,31,35)/b13-12+. The number of nitrogens with zero attached hydrogens (tertiary/aromatic N) is 1. The van der Waals surface area contributed by atoms with E-state index in [9.17, 15) is 14.4 Å². The van der Waals surface area contributed by atoms with Gasteiger partial charge in [0, 0.05) is 28.5 Å². The van der Waals surface area contributed by atoms with Gasteiger partial charge in [-0.2, -0.15) is 0 Å². The number of carboxylic acids is 1. The van der Waals surface area contributed by atoms with Crippen molar-refractivity contribution < 1.29 is 19.5 Å². The number of benzene rings is 2. The first-order chi connectivity index (χ1) is 17.2. The Morgan fingerprint density at radius 1 is 1.06 bits per heavy atom. The smallest absolute Gasteiger partial charge is 0.328 e. The van der Waals surface area contributed by atoms with Gasteiger partial charge in [-0.25, -0.2) is 14.6 Å². The Labute approximate surface area is 214 Å². The molecule has 1 unspecified atom stereocenters. The molecule has 8 nitrogen and oxygen atoms in total. The van der Waals surface area contributed by atoms with E-state index in [1.807, 2.05) is 31.2 Å². The summed E-state index contributed by atoms with van der Waals surface area (Å²) in [4.78, 5) is 40.9. The first kappa shape index (κ1) is 26.6. The zero-order valence-electron chi connectivity index (χ0n) is 20.4. The van der Waals surface area contributed by atoms with Gasteiger partial charge in [-0.3, -0.25) is 4.79 Å². The maximum absolute atomic E-state index is 12.8. The number of carbonyl (C=O) groups excluding carboxylic acids is 2. The highest BCUT2D eigenvalue weighted by molar-refractivity contribution is 7.12. The SMILES string of the molecule is Cc1ccccc1NC(=O)Nc1ccc(CC(=O)NC(CC(C)C)c2ncc(/C=C/C(=O)O)s2)cc1. The van der Waals surface area contributed by atoms with Gasteiger partial charge in [-0.15, -0.1) is 11.3 Å². The predicted molar refractivity (Wildman–Crippen MR) is 143 cm³/mol. The third kappa shape index (κ3) is 8.35. The van der Waals surface area contributed by atoms with Gasteiger partial charge in [0.2, 0.25) is 5.91 Å². The maximum atomic E-state index is 12.8. The molecule has 36 heavy (non-hydrogen) atoms. The van der Waals surface area contributed by atoms with Gasteiger partial charge in [-0.05, 0) is 54.7 Å². The van der Waals surface area contributed by atoms with Gasteiger partial charge < -0.3 is 21.1 Å². The average Bonchev–Trinajstić information content (AvgIpc) is 3.29. The van der Waals surface area contributed by atoms with Crippen LogP contribution < -0.4 is 16.0 Å². The van der Waals surface area contributed by atoms with Crippen molar-refractivity contribution in [3.05, 3.63) is 81.8 Å². The molecule has 0 bridgehead atoms. The molecule has 2 aromatic carbocycles. The molecule has 0 saturated carbocycles. The zero-order valence-corrected chi connectivity index (χ0v) is 21.3. The number of para-hydroxylation sites is 1. The molecule has 0 saturated heterocycles. The highest BCUT2D eigenvalue weighted by Crippen LogP contribution is 2.26. The highest BCUT2D eigenvalue weighted by atomic mass is 32.1. The molecule has 0 aliphatic rings. The van der Waals surface area contributed by atoms with Crippen molar-refractivity contribution in [2.45, 2.75) is 39.7 Å². The quantitative estimate of drug-likeness (QED) is 0.265. The van der Waals surface area contributed by atoms with Crippen LogP contribution in [-0.2, 0) is 16.0 Å². The Kier molecular flexibility index (Phi) is 9.35. The lowest BCUT2D eigenvalue weighted by molar-refractivity contribution is -0.131. The van der Waals surface area contributed by atoms with Crippen LogP contribution in [0.1, 0.15) is 47.3 Å². The van der Waals surface area contributed by atoms with Crippen LogP contribution in [0.25, 0.3) is 6.08 Å². The molecule has 0 radical (unpaired) electrons. The van der Waals surface area contributed by atoms with Crippen molar-refractivity contribution in [3.63, 3.8) is 0 Å². The van der Waals surface area contributed by atoms with Crippen molar-refractivity contribution in [1.29, 1.82) is 0 Å². The van der Waals surface area contributed by atoms with E-state index in [4.69, 9.17) is 5.11 Å². The molecular weight excluding hydrogens is 476 g/mol. The van der Waals surface area contributed by atoms with E-state index in [2.05, 4.69) is 34.8 Å². The minimum atomic E-state index is -1.02. The Bertz CT molecular complexity index is 1230. The number of aryl methyl sites for hydroxylation is 1. The fourth-order valence-electron chi connectivity index (χ4n) is 3.52. The molecule has 0 aliphatic carbocycles. The monoisotopic (exact) mass is 506 g/mol. The molecule has 1 heterocycles. The van der Waals surface area contributed by atoms with Crippen LogP contribution in [-0.4, -0.2) is 28.0 Å².